The first-order chi connectivity index (χ1) is 10.8. The van der Waals surface area contributed by atoms with Crippen molar-refractivity contribution in [2.24, 2.45) is 0 Å². The Balaban J connectivity index is 1.65. The molecule has 0 radical (unpaired) electrons. The summed E-state index contributed by atoms with van der Waals surface area (Å²) in [6, 6.07) is 6.76. The Morgan fingerprint density at radius 1 is 1.14 bits per heavy atom. The summed E-state index contributed by atoms with van der Waals surface area (Å²) in [5.74, 6) is 0.0932. The zero-order valence-electron chi connectivity index (χ0n) is 11.3. The van der Waals surface area contributed by atoms with Gasteiger partial charge in [-0.3, -0.25) is 0 Å². The summed E-state index contributed by atoms with van der Waals surface area (Å²) in [6.45, 7) is 0.0532. The average molecular weight is 317 g/mol. The minimum Gasteiger partial charge on any atom is -0.455 e. The maximum Gasteiger partial charge on any atom is 0.341 e. The molecule has 7 nitrogen and oxygen atoms in total. The van der Waals surface area contributed by atoms with Crippen LogP contribution in [-0.4, -0.2) is 21.3 Å². The number of thioether (sulfide) groups is 1. The maximum atomic E-state index is 12.2. The van der Waals surface area contributed by atoms with Crippen molar-refractivity contribution in [3.05, 3.63) is 59.9 Å². The average Bonchev–Trinajstić information content (AvgIpc) is 3.24. The number of esters is 1. The van der Waals surface area contributed by atoms with E-state index >= 15 is 0 Å². The molecule has 112 valence electrons. The number of aromatic nitrogens is 3. The van der Waals surface area contributed by atoms with E-state index in [1.54, 1.807) is 30.5 Å². The van der Waals surface area contributed by atoms with Crippen molar-refractivity contribution in [3.63, 3.8) is 0 Å². The van der Waals surface area contributed by atoms with Crippen molar-refractivity contribution in [1.82, 2.24) is 15.3 Å². The molecule has 0 bridgehead atoms. The van der Waals surface area contributed by atoms with E-state index < -0.39 is 5.97 Å². The molecule has 0 aromatic carbocycles. The summed E-state index contributed by atoms with van der Waals surface area (Å²) < 4.78 is 14.7. The van der Waals surface area contributed by atoms with Crippen LogP contribution in [0.25, 0.3) is 0 Å². The lowest BCUT2D eigenvalue weighted by Gasteiger charge is -2.06. The zero-order valence-corrected chi connectivity index (χ0v) is 12.2. The molecule has 0 fully saturated rings. The van der Waals surface area contributed by atoms with Crippen LogP contribution < -0.4 is 0 Å². The smallest absolute Gasteiger partial charge is 0.341 e. The van der Waals surface area contributed by atoms with Crippen LogP contribution in [0.4, 0.5) is 0 Å². The third-order valence-electron chi connectivity index (χ3n) is 2.68. The molecule has 3 aromatic rings. The highest BCUT2D eigenvalue weighted by Crippen LogP contribution is 2.24. The molecule has 0 N–H and O–H groups in total. The number of carbonyl (C=O) groups is 1. The zero-order chi connectivity index (χ0) is 15.2. The Hall–Kier alpha value is -2.61. The van der Waals surface area contributed by atoms with E-state index in [2.05, 4.69) is 19.8 Å². The first-order valence-corrected chi connectivity index (χ1v) is 7.35. The Kier molecular flexibility index (Phi) is 4.50. The Morgan fingerprint density at radius 3 is 2.64 bits per heavy atom. The highest BCUT2D eigenvalue weighted by molar-refractivity contribution is 7.98. The first-order valence-electron chi connectivity index (χ1n) is 6.36. The molecule has 3 aromatic heterocycles. The monoisotopic (exact) mass is 317 g/mol. The third-order valence-corrected chi connectivity index (χ3v) is 3.72. The molecule has 22 heavy (non-hydrogen) atoms. The fourth-order valence-electron chi connectivity index (χ4n) is 1.64. The van der Waals surface area contributed by atoms with Crippen LogP contribution in [-0.2, 0) is 17.1 Å². The fourth-order valence-corrected chi connectivity index (χ4v) is 2.52. The molecular formula is C14H11N3O4S. The SMILES string of the molecule is O=C(OCc1ccon1)c1cccnc1SCc1ccon1. The van der Waals surface area contributed by atoms with Crippen LogP contribution >= 0.6 is 11.8 Å². The summed E-state index contributed by atoms with van der Waals surface area (Å²) in [7, 11) is 0. The molecule has 0 aliphatic heterocycles. The minimum absolute atomic E-state index is 0.0532. The Labute approximate surface area is 129 Å². The highest BCUT2D eigenvalue weighted by atomic mass is 32.2. The number of pyridine rings is 1. The number of rotatable bonds is 6. The number of hydrogen-bond acceptors (Lipinski definition) is 8. The predicted octanol–water partition coefficient (Wildman–Crippen LogP) is 2.71. The summed E-state index contributed by atoms with van der Waals surface area (Å²) in [5.41, 5.74) is 1.73. The van der Waals surface area contributed by atoms with Crippen LogP contribution in [0, 0.1) is 0 Å². The standard InChI is InChI=1S/C14H11N3O4S/c18-14(19-8-10-3-6-20-16-10)12-2-1-5-15-13(12)22-9-11-4-7-21-17-11/h1-7H,8-9H2. The van der Waals surface area contributed by atoms with Gasteiger partial charge < -0.3 is 13.8 Å². The van der Waals surface area contributed by atoms with Crippen molar-refractivity contribution in [2.45, 2.75) is 17.4 Å². The Bertz CT molecular complexity index is 728. The van der Waals surface area contributed by atoms with Gasteiger partial charge >= 0.3 is 5.97 Å². The molecule has 0 atom stereocenters. The molecule has 0 aliphatic rings. The van der Waals surface area contributed by atoms with E-state index in [9.17, 15) is 4.79 Å². The van der Waals surface area contributed by atoms with Gasteiger partial charge in [-0.25, -0.2) is 9.78 Å². The lowest BCUT2D eigenvalue weighted by Crippen LogP contribution is -2.07. The minimum atomic E-state index is -0.459. The van der Waals surface area contributed by atoms with E-state index in [0.29, 0.717) is 22.0 Å². The summed E-state index contributed by atoms with van der Waals surface area (Å²) >= 11 is 1.39. The normalized spacial score (nSPS) is 10.5. The van der Waals surface area contributed by atoms with Crippen LogP contribution in [0.5, 0.6) is 0 Å². The van der Waals surface area contributed by atoms with E-state index in [4.69, 9.17) is 9.26 Å². The van der Waals surface area contributed by atoms with Gasteiger partial charge in [-0.05, 0) is 12.1 Å². The molecule has 8 heteroatoms. The number of nitrogens with zero attached hydrogens (tertiary/aromatic N) is 3. The van der Waals surface area contributed by atoms with Gasteiger partial charge in [0.25, 0.3) is 0 Å². The van der Waals surface area contributed by atoms with Gasteiger partial charge in [0.2, 0.25) is 0 Å². The summed E-state index contributed by atoms with van der Waals surface area (Å²) in [4.78, 5) is 16.4. The molecule has 0 aliphatic carbocycles. The van der Waals surface area contributed by atoms with Crippen molar-refractivity contribution in [3.8, 4) is 0 Å². The molecule has 0 amide bonds. The van der Waals surface area contributed by atoms with Gasteiger partial charge in [-0.15, -0.1) is 0 Å². The largest absolute Gasteiger partial charge is 0.455 e. The second-order valence-corrected chi connectivity index (χ2v) is 5.17. The summed E-state index contributed by atoms with van der Waals surface area (Å²) in [6.07, 6.45) is 4.55. The van der Waals surface area contributed by atoms with Gasteiger partial charge in [-0.1, -0.05) is 22.1 Å². The van der Waals surface area contributed by atoms with Gasteiger partial charge in [0.1, 0.15) is 29.9 Å². The third kappa shape index (κ3) is 3.53. The Morgan fingerprint density at radius 2 is 1.91 bits per heavy atom. The van der Waals surface area contributed by atoms with Gasteiger partial charge in [0, 0.05) is 24.1 Å². The van der Waals surface area contributed by atoms with Gasteiger partial charge in [0.05, 0.1) is 11.3 Å². The second kappa shape index (κ2) is 6.90. The number of hydrogen-bond donors (Lipinski definition) is 0. The lowest BCUT2D eigenvalue weighted by molar-refractivity contribution is 0.0459. The van der Waals surface area contributed by atoms with Crippen molar-refractivity contribution < 1.29 is 18.6 Å². The van der Waals surface area contributed by atoms with E-state index in [0.717, 1.165) is 5.69 Å². The van der Waals surface area contributed by atoms with Crippen molar-refractivity contribution >= 4 is 17.7 Å². The van der Waals surface area contributed by atoms with E-state index in [-0.39, 0.29) is 6.61 Å². The molecule has 3 heterocycles. The lowest BCUT2D eigenvalue weighted by atomic mass is 10.3. The molecule has 3 rings (SSSR count). The molecule has 0 saturated carbocycles. The van der Waals surface area contributed by atoms with Crippen molar-refractivity contribution in [2.75, 3.05) is 0 Å². The fraction of sp³-hybridized carbons (Fsp3) is 0.143. The molecule has 0 saturated heterocycles. The predicted molar refractivity (Wildman–Crippen MR) is 75.9 cm³/mol. The van der Waals surface area contributed by atoms with Crippen LogP contribution in [0.2, 0.25) is 0 Å². The van der Waals surface area contributed by atoms with Crippen molar-refractivity contribution in [1.29, 1.82) is 0 Å². The van der Waals surface area contributed by atoms with E-state index in [1.807, 2.05) is 0 Å². The molecular weight excluding hydrogens is 306 g/mol. The second-order valence-electron chi connectivity index (χ2n) is 4.20. The van der Waals surface area contributed by atoms with Crippen LogP contribution in [0.1, 0.15) is 21.7 Å². The molecule has 0 unspecified atom stereocenters. The maximum absolute atomic E-state index is 12.2. The number of ether oxygens (including phenoxy) is 1. The van der Waals surface area contributed by atoms with E-state index in [1.165, 1.54) is 24.3 Å². The highest BCUT2D eigenvalue weighted by Gasteiger charge is 2.15. The molecule has 0 spiro atoms. The first kappa shape index (κ1) is 14.3. The van der Waals surface area contributed by atoms with Gasteiger partial charge in [-0.2, -0.15) is 0 Å². The number of carbonyl (C=O) groups excluding carboxylic acids is 1. The van der Waals surface area contributed by atoms with Crippen LogP contribution in [0.15, 0.2) is 57.1 Å². The summed E-state index contributed by atoms with van der Waals surface area (Å²) in [5, 5.41) is 8.08. The van der Waals surface area contributed by atoms with Gasteiger partial charge in [0.15, 0.2) is 0 Å². The van der Waals surface area contributed by atoms with Crippen LogP contribution in [0.3, 0.4) is 0 Å². The quantitative estimate of drug-likeness (QED) is 0.506. The topological polar surface area (TPSA) is 91.2 Å².